The van der Waals surface area contributed by atoms with Crippen molar-refractivity contribution in [2.45, 2.75) is 0 Å². The highest BCUT2D eigenvalue weighted by Gasteiger charge is 2.14. The van der Waals surface area contributed by atoms with E-state index in [1.165, 1.54) is 16.3 Å². The highest BCUT2D eigenvalue weighted by molar-refractivity contribution is 6.58. The Morgan fingerprint density at radius 2 is 1.21 bits per heavy atom. The fourth-order valence-corrected chi connectivity index (χ4v) is 3.85. The molecule has 0 spiro atoms. The smallest absolute Gasteiger partial charge is 0.423 e. The molecule has 0 atom stereocenters. The van der Waals surface area contributed by atoms with Gasteiger partial charge in [-0.1, -0.05) is 72.8 Å². The van der Waals surface area contributed by atoms with Crippen LogP contribution in [0.25, 0.3) is 38.6 Å². The molecule has 0 bridgehead atoms. The summed E-state index contributed by atoms with van der Waals surface area (Å²) in [4.78, 5) is 0. The first-order valence-corrected chi connectivity index (χ1v) is 9.27. The number of aromatic nitrogens is 1. The first-order chi connectivity index (χ1) is 13.7. The molecule has 0 saturated carbocycles. The molecule has 0 fully saturated rings. The van der Waals surface area contributed by atoms with Gasteiger partial charge in [0.1, 0.15) is 0 Å². The number of hydrogen-bond donors (Lipinski definition) is 2. The van der Waals surface area contributed by atoms with Gasteiger partial charge in [0.2, 0.25) is 0 Å². The van der Waals surface area contributed by atoms with Gasteiger partial charge in [0, 0.05) is 16.5 Å². The minimum atomic E-state index is -1.45. The van der Waals surface area contributed by atoms with E-state index in [9.17, 15) is 10.0 Å². The lowest BCUT2D eigenvalue weighted by molar-refractivity contribution is 0.426. The van der Waals surface area contributed by atoms with Crippen LogP contribution in [0.15, 0.2) is 97.1 Å². The van der Waals surface area contributed by atoms with Gasteiger partial charge in [-0.25, -0.2) is 0 Å². The molecule has 1 heterocycles. The second kappa shape index (κ2) is 6.68. The summed E-state index contributed by atoms with van der Waals surface area (Å²) >= 11 is 0. The Hall–Kier alpha value is -3.34. The van der Waals surface area contributed by atoms with E-state index in [1.807, 2.05) is 18.2 Å². The van der Waals surface area contributed by atoms with Gasteiger partial charge in [-0.3, -0.25) is 0 Å². The number of benzene rings is 4. The van der Waals surface area contributed by atoms with Crippen LogP contribution in [0, 0.1) is 0 Å². The lowest BCUT2D eigenvalue weighted by Crippen LogP contribution is -2.29. The minimum Gasteiger partial charge on any atom is -0.423 e. The number of fused-ring (bicyclic) bond motifs is 3. The number of rotatable bonds is 3. The lowest BCUT2D eigenvalue weighted by Gasteiger charge is -2.09. The molecule has 5 rings (SSSR count). The van der Waals surface area contributed by atoms with Crippen LogP contribution in [-0.4, -0.2) is 21.7 Å². The van der Waals surface area contributed by atoms with Crippen molar-refractivity contribution >= 4 is 34.4 Å². The van der Waals surface area contributed by atoms with Crippen molar-refractivity contribution in [1.82, 2.24) is 4.57 Å². The molecule has 4 aromatic carbocycles. The summed E-state index contributed by atoms with van der Waals surface area (Å²) in [5, 5.41) is 21.1. The minimum absolute atomic E-state index is 0.489. The highest BCUT2D eigenvalue weighted by atomic mass is 16.4. The van der Waals surface area contributed by atoms with E-state index in [1.54, 1.807) is 12.1 Å². The van der Waals surface area contributed by atoms with Gasteiger partial charge in [-0.15, -0.1) is 0 Å². The molecule has 4 heteroatoms. The molecular weight excluding hydrogens is 345 g/mol. The van der Waals surface area contributed by atoms with Gasteiger partial charge in [-0.05, 0) is 40.9 Å². The van der Waals surface area contributed by atoms with E-state index < -0.39 is 7.12 Å². The summed E-state index contributed by atoms with van der Waals surface area (Å²) < 4.78 is 2.29. The van der Waals surface area contributed by atoms with E-state index >= 15 is 0 Å². The van der Waals surface area contributed by atoms with E-state index in [0.29, 0.717) is 5.46 Å². The number of nitrogens with zero attached hydrogens (tertiary/aromatic N) is 1. The van der Waals surface area contributed by atoms with Gasteiger partial charge in [0.15, 0.2) is 0 Å². The quantitative estimate of drug-likeness (QED) is 0.474. The zero-order chi connectivity index (χ0) is 19.1. The Kier molecular flexibility index (Phi) is 4.01. The maximum absolute atomic E-state index is 9.32. The van der Waals surface area contributed by atoms with Crippen LogP contribution >= 0.6 is 0 Å². The van der Waals surface area contributed by atoms with Crippen LogP contribution in [0.4, 0.5) is 0 Å². The van der Waals surface area contributed by atoms with Gasteiger partial charge < -0.3 is 14.6 Å². The van der Waals surface area contributed by atoms with Crippen molar-refractivity contribution in [3.8, 4) is 16.8 Å². The van der Waals surface area contributed by atoms with E-state index in [4.69, 9.17) is 0 Å². The average molecular weight is 363 g/mol. The van der Waals surface area contributed by atoms with E-state index in [2.05, 4.69) is 71.3 Å². The summed E-state index contributed by atoms with van der Waals surface area (Å²) in [6.07, 6.45) is 0. The summed E-state index contributed by atoms with van der Waals surface area (Å²) in [5.41, 5.74) is 6.08. The Bertz CT molecular complexity index is 1280. The van der Waals surface area contributed by atoms with Crippen molar-refractivity contribution < 1.29 is 10.0 Å². The second-order valence-electron chi connectivity index (χ2n) is 6.92. The van der Waals surface area contributed by atoms with Gasteiger partial charge >= 0.3 is 7.12 Å². The Balaban J connectivity index is 1.76. The fraction of sp³-hybridized carbons (Fsp3) is 0. The molecule has 0 unspecified atom stereocenters. The molecule has 0 amide bonds. The Labute approximate surface area is 163 Å². The largest absolute Gasteiger partial charge is 0.488 e. The molecular formula is C24H18BNO2. The monoisotopic (exact) mass is 363 g/mol. The van der Waals surface area contributed by atoms with Gasteiger partial charge in [0.25, 0.3) is 0 Å². The summed E-state index contributed by atoms with van der Waals surface area (Å²) in [7, 11) is -1.45. The van der Waals surface area contributed by atoms with Crippen molar-refractivity contribution in [2.24, 2.45) is 0 Å². The molecule has 0 aliphatic heterocycles. The molecule has 0 saturated heterocycles. The van der Waals surface area contributed by atoms with Crippen LogP contribution in [0.3, 0.4) is 0 Å². The summed E-state index contributed by atoms with van der Waals surface area (Å²) in [6.45, 7) is 0. The molecule has 5 aromatic rings. The third kappa shape index (κ3) is 2.71. The van der Waals surface area contributed by atoms with E-state index in [0.717, 1.165) is 22.3 Å². The van der Waals surface area contributed by atoms with Crippen LogP contribution in [0.5, 0.6) is 0 Å². The molecule has 0 aliphatic carbocycles. The third-order valence-corrected chi connectivity index (χ3v) is 5.23. The Morgan fingerprint density at radius 3 is 1.96 bits per heavy atom. The van der Waals surface area contributed by atoms with Crippen molar-refractivity contribution in [3.63, 3.8) is 0 Å². The first-order valence-electron chi connectivity index (χ1n) is 9.27. The summed E-state index contributed by atoms with van der Waals surface area (Å²) in [6, 6.07) is 32.7. The van der Waals surface area contributed by atoms with Crippen LogP contribution in [0.1, 0.15) is 0 Å². The molecule has 0 radical (unpaired) electrons. The normalized spacial score (nSPS) is 11.2. The molecule has 0 aliphatic rings. The molecule has 134 valence electrons. The SMILES string of the molecule is OB(O)c1ccc(-c2ccc3c4ccccc4n(-c4ccccc4)c3c2)cc1. The number of hydrogen-bond acceptors (Lipinski definition) is 2. The van der Waals surface area contributed by atoms with Crippen LogP contribution in [0.2, 0.25) is 0 Å². The lowest BCUT2D eigenvalue weighted by atomic mass is 9.80. The predicted molar refractivity (Wildman–Crippen MR) is 116 cm³/mol. The van der Waals surface area contributed by atoms with E-state index in [-0.39, 0.29) is 0 Å². The van der Waals surface area contributed by atoms with Gasteiger partial charge in [-0.2, -0.15) is 0 Å². The maximum Gasteiger partial charge on any atom is 0.488 e. The first kappa shape index (κ1) is 16.8. The molecule has 2 N–H and O–H groups in total. The fourth-order valence-electron chi connectivity index (χ4n) is 3.85. The zero-order valence-electron chi connectivity index (χ0n) is 15.2. The second-order valence-corrected chi connectivity index (χ2v) is 6.92. The van der Waals surface area contributed by atoms with Crippen LogP contribution in [-0.2, 0) is 0 Å². The highest BCUT2D eigenvalue weighted by Crippen LogP contribution is 2.34. The van der Waals surface area contributed by atoms with Crippen molar-refractivity contribution in [1.29, 1.82) is 0 Å². The predicted octanol–water partition coefficient (Wildman–Crippen LogP) is 4.13. The molecule has 1 aromatic heterocycles. The molecule has 3 nitrogen and oxygen atoms in total. The topological polar surface area (TPSA) is 45.4 Å². The van der Waals surface area contributed by atoms with Crippen molar-refractivity contribution in [3.05, 3.63) is 97.1 Å². The zero-order valence-corrected chi connectivity index (χ0v) is 15.2. The number of para-hydroxylation sites is 2. The van der Waals surface area contributed by atoms with Crippen molar-refractivity contribution in [2.75, 3.05) is 0 Å². The molecule has 28 heavy (non-hydrogen) atoms. The third-order valence-electron chi connectivity index (χ3n) is 5.23. The Morgan fingerprint density at radius 1 is 0.571 bits per heavy atom. The standard InChI is InChI=1S/C24H18BNO2/c27-25(28)19-13-10-17(11-14-19)18-12-15-22-21-8-4-5-9-23(21)26(24(22)16-18)20-6-2-1-3-7-20/h1-16,27-28H. The van der Waals surface area contributed by atoms with Crippen LogP contribution < -0.4 is 5.46 Å². The van der Waals surface area contributed by atoms with Gasteiger partial charge in [0.05, 0.1) is 11.0 Å². The summed E-state index contributed by atoms with van der Waals surface area (Å²) in [5.74, 6) is 0. The average Bonchev–Trinajstić information content (AvgIpc) is 3.08. The maximum atomic E-state index is 9.32.